The Bertz CT molecular complexity index is 646. The fourth-order valence-corrected chi connectivity index (χ4v) is 2.45. The highest BCUT2D eigenvalue weighted by Gasteiger charge is 2.21. The van der Waals surface area contributed by atoms with E-state index in [2.05, 4.69) is 0 Å². The summed E-state index contributed by atoms with van der Waals surface area (Å²) in [5.74, 6) is 1.13. The maximum Gasteiger partial charge on any atom is 0.167 e. The Labute approximate surface area is 135 Å². The molecule has 118 valence electrons. The van der Waals surface area contributed by atoms with E-state index in [1.807, 2.05) is 26.0 Å². The molecule has 3 N–H and O–H groups in total. The number of ether oxygens (including phenoxy) is 2. The normalized spacial score (nSPS) is 12.0. The summed E-state index contributed by atoms with van der Waals surface area (Å²) in [5.41, 5.74) is 7.57. The van der Waals surface area contributed by atoms with Gasteiger partial charge in [0.05, 0.1) is 13.2 Å². The van der Waals surface area contributed by atoms with E-state index >= 15 is 0 Å². The highest BCUT2D eigenvalue weighted by molar-refractivity contribution is 6.30. The Morgan fingerprint density at radius 1 is 1.09 bits per heavy atom. The lowest BCUT2D eigenvalue weighted by atomic mass is 9.99. The number of anilines is 1. The molecule has 2 aromatic carbocycles. The monoisotopic (exact) mass is 321 g/mol. The number of nitrogen functional groups attached to an aromatic ring is 1. The SMILES string of the molecule is CCOc1cccc(C(O)c2cc(Cl)ccc2N)c1OCC. The van der Waals surface area contributed by atoms with Crippen LogP contribution in [-0.2, 0) is 0 Å². The van der Waals surface area contributed by atoms with Gasteiger partial charge in [0.25, 0.3) is 0 Å². The number of nitrogens with two attached hydrogens (primary N) is 1. The first-order valence-electron chi connectivity index (χ1n) is 7.20. The third-order valence-electron chi connectivity index (χ3n) is 3.24. The van der Waals surface area contributed by atoms with Gasteiger partial charge in [0.1, 0.15) is 6.10 Å². The van der Waals surface area contributed by atoms with Crippen molar-refractivity contribution in [3.63, 3.8) is 0 Å². The van der Waals surface area contributed by atoms with Crippen molar-refractivity contribution in [1.29, 1.82) is 0 Å². The quantitative estimate of drug-likeness (QED) is 0.794. The van der Waals surface area contributed by atoms with Gasteiger partial charge in [0.2, 0.25) is 0 Å². The smallest absolute Gasteiger partial charge is 0.167 e. The summed E-state index contributed by atoms with van der Waals surface area (Å²) < 4.78 is 11.3. The lowest BCUT2D eigenvalue weighted by molar-refractivity contribution is 0.209. The number of rotatable bonds is 6. The molecule has 4 nitrogen and oxygen atoms in total. The Hall–Kier alpha value is -1.91. The molecule has 0 aliphatic rings. The Morgan fingerprint density at radius 3 is 2.50 bits per heavy atom. The average molecular weight is 322 g/mol. The van der Waals surface area contributed by atoms with Gasteiger partial charge in [-0.05, 0) is 38.1 Å². The summed E-state index contributed by atoms with van der Waals surface area (Å²) in [7, 11) is 0. The molecule has 0 aromatic heterocycles. The Kier molecular flexibility index (Phi) is 5.52. The fraction of sp³-hybridized carbons (Fsp3) is 0.294. The summed E-state index contributed by atoms with van der Waals surface area (Å²) in [6.07, 6.45) is -0.944. The number of hydrogen-bond acceptors (Lipinski definition) is 4. The van der Waals surface area contributed by atoms with Gasteiger partial charge >= 0.3 is 0 Å². The average Bonchev–Trinajstić information content (AvgIpc) is 2.51. The van der Waals surface area contributed by atoms with Crippen LogP contribution in [0.1, 0.15) is 31.1 Å². The zero-order valence-corrected chi connectivity index (χ0v) is 13.4. The van der Waals surface area contributed by atoms with Crippen LogP contribution in [0.5, 0.6) is 11.5 Å². The molecule has 0 radical (unpaired) electrons. The molecule has 1 atom stereocenters. The van der Waals surface area contributed by atoms with Crippen LogP contribution in [0, 0.1) is 0 Å². The molecule has 0 saturated carbocycles. The van der Waals surface area contributed by atoms with Gasteiger partial charge in [-0.3, -0.25) is 0 Å². The second-order valence-electron chi connectivity index (χ2n) is 4.72. The number of aliphatic hydroxyl groups is 1. The standard InChI is InChI=1S/C17H20ClNO3/c1-3-21-15-7-5-6-12(17(15)22-4-2)16(20)13-10-11(18)8-9-14(13)19/h5-10,16,20H,3-4,19H2,1-2H3. The minimum Gasteiger partial charge on any atom is -0.490 e. The molecule has 2 rings (SSSR count). The lowest BCUT2D eigenvalue weighted by Crippen LogP contribution is -2.08. The molecule has 5 heteroatoms. The summed E-state index contributed by atoms with van der Waals surface area (Å²) in [5, 5.41) is 11.2. The molecule has 0 saturated heterocycles. The zero-order chi connectivity index (χ0) is 16.1. The maximum atomic E-state index is 10.7. The highest BCUT2D eigenvalue weighted by Crippen LogP contribution is 2.39. The molecular weight excluding hydrogens is 302 g/mol. The van der Waals surface area contributed by atoms with Crippen LogP contribution in [0.2, 0.25) is 5.02 Å². The molecule has 0 heterocycles. The number of aliphatic hydroxyl groups excluding tert-OH is 1. The fourth-order valence-electron chi connectivity index (χ4n) is 2.27. The van der Waals surface area contributed by atoms with E-state index in [1.165, 1.54) is 0 Å². The molecule has 22 heavy (non-hydrogen) atoms. The molecule has 0 aliphatic carbocycles. The minimum absolute atomic E-state index is 0.467. The van der Waals surface area contributed by atoms with Crippen LogP contribution in [0.25, 0.3) is 0 Å². The topological polar surface area (TPSA) is 64.7 Å². The van der Waals surface area contributed by atoms with Gasteiger partial charge in [-0.25, -0.2) is 0 Å². The van der Waals surface area contributed by atoms with Crippen molar-refractivity contribution >= 4 is 17.3 Å². The first-order valence-corrected chi connectivity index (χ1v) is 7.57. The van der Waals surface area contributed by atoms with Gasteiger partial charge in [0, 0.05) is 21.8 Å². The van der Waals surface area contributed by atoms with Crippen molar-refractivity contribution in [2.24, 2.45) is 0 Å². The van der Waals surface area contributed by atoms with Crippen LogP contribution in [0.15, 0.2) is 36.4 Å². The first-order chi connectivity index (χ1) is 10.6. The van der Waals surface area contributed by atoms with Gasteiger partial charge in [-0.1, -0.05) is 23.7 Å². The summed E-state index contributed by atoms with van der Waals surface area (Å²) in [6.45, 7) is 4.76. The lowest BCUT2D eigenvalue weighted by Gasteiger charge is -2.20. The summed E-state index contributed by atoms with van der Waals surface area (Å²) in [6, 6.07) is 10.4. The number of hydrogen-bond donors (Lipinski definition) is 2. The molecule has 0 spiro atoms. The molecular formula is C17H20ClNO3. The van der Waals surface area contributed by atoms with Crippen LogP contribution >= 0.6 is 11.6 Å². The summed E-state index contributed by atoms with van der Waals surface area (Å²) in [4.78, 5) is 0. The largest absolute Gasteiger partial charge is 0.490 e. The van der Waals surface area contributed by atoms with E-state index < -0.39 is 6.10 Å². The first kappa shape index (κ1) is 16.5. The zero-order valence-electron chi connectivity index (χ0n) is 12.7. The molecule has 0 aliphatic heterocycles. The summed E-state index contributed by atoms with van der Waals surface area (Å²) >= 11 is 6.01. The predicted octanol–water partition coefficient (Wildman–Crippen LogP) is 3.80. The van der Waals surface area contributed by atoms with Crippen molar-refractivity contribution in [2.45, 2.75) is 20.0 Å². The van der Waals surface area contributed by atoms with Gasteiger partial charge in [-0.2, -0.15) is 0 Å². The predicted molar refractivity (Wildman–Crippen MR) is 88.7 cm³/mol. The van der Waals surface area contributed by atoms with Crippen LogP contribution < -0.4 is 15.2 Å². The molecule has 2 aromatic rings. The van der Waals surface area contributed by atoms with Crippen molar-refractivity contribution in [2.75, 3.05) is 18.9 Å². The molecule has 0 bridgehead atoms. The Morgan fingerprint density at radius 2 is 1.82 bits per heavy atom. The number of para-hydroxylation sites is 1. The van der Waals surface area contributed by atoms with E-state index in [9.17, 15) is 5.11 Å². The van der Waals surface area contributed by atoms with Crippen molar-refractivity contribution < 1.29 is 14.6 Å². The van der Waals surface area contributed by atoms with Crippen molar-refractivity contribution in [3.05, 3.63) is 52.5 Å². The van der Waals surface area contributed by atoms with Crippen molar-refractivity contribution in [1.82, 2.24) is 0 Å². The van der Waals surface area contributed by atoms with Crippen LogP contribution in [0.4, 0.5) is 5.69 Å². The highest BCUT2D eigenvalue weighted by atomic mass is 35.5. The Balaban J connectivity index is 2.50. The number of benzene rings is 2. The van der Waals surface area contributed by atoms with Gasteiger partial charge in [-0.15, -0.1) is 0 Å². The molecule has 0 fully saturated rings. The van der Waals surface area contributed by atoms with E-state index in [0.717, 1.165) is 0 Å². The van der Waals surface area contributed by atoms with E-state index in [0.29, 0.717) is 46.5 Å². The molecule has 1 unspecified atom stereocenters. The number of halogens is 1. The molecule has 0 amide bonds. The third kappa shape index (κ3) is 3.46. The second kappa shape index (κ2) is 7.38. The van der Waals surface area contributed by atoms with Gasteiger partial charge in [0.15, 0.2) is 11.5 Å². The maximum absolute atomic E-state index is 10.7. The third-order valence-corrected chi connectivity index (χ3v) is 3.47. The van der Waals surface area contributed by atoms with Crippen molar-refractivity contribution in [3.8, 4) is 11.5 Å². The minimum atomic E-state index is -0.944. The van der Waals surface area contributed by atoms with Crippen LogP contribution in [-0.4, -0.2) is 18.3 Å². The second-order valence-corrected chi connectivity index (χ2v) is 5.15. The van der Waals surface area contributed by atoms with E-state index in [4.69, 9.17) is 26.8 Å². The van der Waals surface area contributed by atoms with Gasteiger partial charge < -0.3 is 20.3 Å². The van der Waals surface area contributed by atoms with E-state index in [1.54, 1.807) is 24.3 Å². The van der Waals surface area contributed by atoms with E-state index in [-0.39, 0.29) is 0 Å². The van der Waals surface area contributed by atoms with Crippen LogP contribution in [0.3, 0.4) is 0 Å².